The lowest BCUT2D eigenvalue weighted by molar-refractivity contribution is -0.137. The fourth-order valence-corrected chi connectivity index (χ4v) is 2.02. The minimum Gasteiger partial charge on any atom is -0.481 e. The number of carboxylic acid groups (broad SMARTS) is 1. The van der Waals surface area contributed by atoms with E-state index in [1.165, 1.54) is 0 Å². The van der Waals surface area contributed by atoms with Crippen LogP contribution in [-0.2, 0) is 17.8 Å². The first-order chi connectivity index (χ1) is 8.61. The molecule has 0 aliphatic carbocycles. The Morgan fingerprint density at radius 3 is 2.94 bits per heavy atom. The van der Waals surface area contributed by atoms with Crippen molar-refractivity contribution < 1.29 is 9.90 Å². The zero-order valence-corrected chi connectivity index (χ0v) is 10.7. The highest BCUT2D eigenvalue weighted by Gasteiger charge is 2.12. The number of imidazole rings is 1. The van der Waals surface area contributed by atoms with Crippen molar-refractivity contribution >= 4 is 17.1 Å². The standard InChI is InChI=1S/C13H17N3O2/c1-3-4-11-15-10-7-9(2)8-14-13(10)16(11)6-5-12(17)18/h7-8H,3-6H2,1-2H3,(H,17,18). The van der Waals surface area contributed by atoms with Gasteiger partial charge in [0.25, 0.3) is 0 Å². The van der Waals surface area contributed by atoms with Gasteiger partial charge in [0.2, 0.25) is 0 Å². The molecular weight excluding hydrogens is 230 g/mol. The Kier molecular flexibility index (Phi) is 3.60. The maximum Gasteiger partial charge on any atom is 0.305 e. The largest absolute Gasteiger partial charge is 0.481 e. The van der Waals surface area contributed by atoms with Crippen LogP contribution in [0.25, 0.3) is 11.2 Å². The Hall–Kier alpha value is -1.91. The van der Waals surface area contributed by atoms with E-state index in [4.69, 9.17) is 5.11 Å². The number of fused-ring (bicyclic) bond motifs is 1. The smallest absolute Gasteiger partial charge is 0.305 e. The van der Waals surface area contributed by atoms with E-state index in [2.05, 4.69) is 16.9 Å². The van der Waals surface area contributed by atoms with Crippen molar-refractivity contribution in [1.29, 1.82) is 0 Å². The van der Waals surface area contributed by atoms with Gasteiger partial charge in [-0.25, -0.2) is 9.97 Å². The number of nitrogens with zero attached hydrogens (tertiary/aromatic N) is 3. The molecule has 0 saturated heterocycles. The van der Waals surface area contributed by atoms with E-state index in [9.17, 15) is 4.79 Å². The van der Waals surface area contributed by atoms with Gasteiger partial charge in [-0.2, -0.15) is 0 Å². The van der Waals surface area contributed by atoms with Crippen molar-refractivity contribution in [1.82, 2.24) is 14.5 Å². The first-order valence-corrected chi connectivity index (χ1v) is 6.15. The second-order valence-electron chi connectivity index (χ2n) is 4.43. The molecule has 5 heteroatoms. The van der Waals surface area contributed by atoms with E-state index in [-0.39, 0.29) is 6.42 Å². The minimum absolute atomic E-state index is 0.0950. The maximum atomic E-state index is 10.7. The summed E-state index contributed by atoms with van der Waals surface area (Å²) in [4.78, 5) is 19.6. The summed E-state index contributed by atoms with van der Waals surface area (Å²) >= 11 is 0. The van der Waals surface area contributed by atoms with Crippen LogP contribution in [-0.4, -0.2) is 25.6 Å². The highest BCUT2D eigenvalue weighted by atomic mass is 16.4. The molecule has 2 heterocycles. The Labute approximate surface area is 105 Å². The van der Waals surface area contributed by atoms with Gasteiger partial charge < -0.3 is 9.67 Å². The van der Waals surface area contributed by atoms with Gasteiger partial charge in [0.05, 0.1) is 6.42 Å². The highest BCUT2D eigenvalue weighted by Crippen LogP contribution is 2.17. The van der Waals surface area contributed by atoms with Gasteiger partial charge in [-0.3, -0.25) is 4.79 Å². The zero-order chi connectivity index (χ0) is 13.1. The van der Waals surface area contributed by atoms with Crippen LogP contribution in [0, 0.1) is 6.92 Å². The fraction of sp³-hybridized carbons (Fsp3) is 0.462. The van der Waals surface area contributed by atoms with Gasteiger partial charge in [-0.1, -0.05) is 6.92 Å². The molecule has 2 aromatic heterocycles. The summed E-state index contributed by atoms with van der Waals surface area (Å²) in [5.41, 5.74) is 2.70. The first kappa shape index (κ1) is 12.5. The average Bonchev–Trinajstić information content (AvgIpc) is 2.63. The molecule has 0 fully saturated rings. The molecule has 0 radical (unpaired) electrons. The number of rotatable bonds is 5. The molecule has 5 nitrogen and oxygen atoms in total. The summed E-state index contributed by atoms with van der Waals surface area (Å²) < 4.78 is 1.92. The Morgan fingerprint density at radius 1 is 1.50 bits per heavy atom. The van der Waals surface area contributed by atoms with Crippen LogP contribution in [0.3, 0.4) is 0 Å². The molecule has 0 aromatic carbocycles. The lowest BCUT2D eigenvalue weighted by atomic mass is 10.3. The van der Waals surface area contributed by atoms with Crippen molar-refractivity contribution in [3.8, 4) is 0 Å². The van der Waals surface area contributed by atoms with Crippen molar-refractivity contribution in [2.45, 2.75) is 39.7 Å². The molecule has 0 spiro atoms. The van der Waals surface area contributed by atoms with Gasteiger partial charge in [-0.15, -0.1) is 0 Å². The van der Waals surface area contributed by atoms with E-state index in [0.29, 0.717) is 6.54 Å². The van der Waals surface area contributed by atoms with Gasteiger partial charge in [0.15, 0.2) is 5.65 Å². The van der Waals surface area contributed by atoms with Crippen molar-refractivity contribution in [3.05, 3.63) is 23.7 Å². The first-order valence-electron chi connectivity index (χ1n) is 6.15. The number of hydrogen-bond acceptors (Lipinski definition) is 3. The topological polar surface area (TPSA) is 68.0 Å². The number of aromatic nitrogens is 3. The molecular formula is C13H17N3O2. The molecule has 18 heavy (non-hydrogen) atoms. The minimum atomic E-state index is -0.800. The molecule has 0 bridgehead atoms. The van der Waals surface area contributed by atoms with E-state index in [0.717, 1.165) is 35.4 Å². The zero-order valence-electron chi connectivity index (χ0n) is 10.7. The SMILES string of the molecule is CCCc1nc2cc(C)cnc2n1CCC(=O)O. The lowest BCUT2D eigenvalue weighted by Crippen LogP contribution is -2.08. The lowest BCUT2D eigenvalue weighted by Gasteiger charge is -2.05. The van der Waals surface area contributed by atoms with Crippen LogP contribution in [0.1, 0.15) is 31.2 Å². The predicted octanol–water partition coefficient (Wildman–Crippen LogP) is 2.17. The second kappa shape index (κ2) is 5.16. The maximum absolute atomic E-state index is 10.7. The summed E-state index contributed by atoms with van der Waals surface area (Å²) in [7, 11) is 0. The fourth-order valence-electron chi connectivity index (χ4n) is 2.02. The van der Waals surface area contributed by atoms with Gasteiger partial charge in [0.1, 0.15) is 11.3 Å². The number of aliphatic carboxylic acids is 1. The Morgan fingerprint density at radius 2 is 2.28 bits per heavy atom. The number of aryl methyl sites for hydroxylation is 3. The summed E-state index contributed by atoms with van der Waals surface area (Å²) in [6.45, 7) is 4.49. The Bertz CT molecular complexity index is 575. The van der Waals surface area contributed by atoms with Crippen molar-refractivity contribution in [3.63, 3.8) is 0 Å². The van der Waals surface area contributed by atoms with Crippen LogP contribution in [0.2, 0.25) is 0 Å². The molecule has 0 atom stereocenters. The number of hydrogen-bond donors (Lipinski definition) is 1. The van der Waals surface area contributed by atoms with Crippen LogP contribution < -0.4 is 0 Å². The molecule has 1 N–H and O–H groups in total. The molecule has 2 rings (SSSR count). The van der Waals surface area contributed by atoms with E-state index < -0.39 is 5.97 Å². The molecule has 2 aromatic rings. The third-order valence-corrected chi connectivity index (χ3v) is 2.82. The number of carbonyl (C=O) groups is 1. The van der Waals surface area contributed by atoms with Crippen molar-refractivity contribution in [2.24, 2.45) is 0 Å². The van der Waals surface area contributed by atoms with Crippen LogP contribution >= 0.6 is 0 Å². The van der Waals surface area contributed by atoms with Crippen LogP contribution in [0.4, 0.5) is 0 Å². The molecule has 0 aliphatic rings. The summed E-state index contributed by atoms with van der Waals surface area (Å²) in [6.07, 6.45) is 3.71. The third kappa shape index (κ3) is 2.50. The molecule has 0 saturated carbocycles. The molecule has 0 amide bonds. The second-order valence-corrected chi connectivity index (χ2v) is 4.43. The highest BCUT2D eigenvalue weighted by molar-refractivity contribution is 5.72. The van der Waals surface area contributed by atoms with E-state index >= 15 is 0 Å². The van der Waals surface area contributed by atoms with Crippen LogP contribution in [0.15, 0.2) is 12.3 Å². The predicted molar refractivity (Wildman–Crippen MR) is 68.5 cm³/mol. The van der Waals surface area contributed by atoms with Crippen molar-refractivity contribution in [2.75, 3.05) is 0 Å². The third-order valence-electron chi connectivity index (χ3n) is 2.82. The normalized spacial score (nSPS) is 11.0. The monoisotopic (exact) mass is 247 g/mol. The number of pyridine rings is 1. The summed E-state index contributed by atoms with van der Waals surface area (Å²) in [5.74, 6) is 0.123. The average molecular weight is 247 g/mol. The van der Waals surface area contributed by atoms with Gasteiger partial charge >= 0.3 is 5.97 Å². The van der Waals surface area contributed by atoms with E-state index in [1.54, 1.807) is 6.20 Å². The molecule has 0 aliphatic heterocycles. The number of carboxylic acids is 1. The quantitative estimate of drug-likeness (QED) is 0.879. The summed E-state index contributed by atoms with van der Waals surface area (Å²) in [5, 5.41) is 8.80. The van der Waals surface area contributed by atoms with Gasteiger partial charge in [-0.05, 0) is 25.0 Å². The Balaban J connectivity index is 2.44. The van der Waals surface area contributed by atoms with Crippen LogP contribution in [0.5, 0.6) is 0 Å². The summed E-state index contributed by atoms with van der Waals surface area (Å²) in [6, 6.07) is 1.98. The molecule has 0 unspecified atom stereocenters. The van der Waals surface area contributed by atoms with E-state index in [1.807, 2.05) is 17.6 Å². The molecule has 96 valence electrons. The van der Waals surface area contributed by atoms with Gasteiger partial charge in [0, 0.05) is 19.2 Å².